The molecule has 0 aliphatic rings. The lowest BCUT2D eigenvalue weighted by atomic mass is 10.1. The Morgan fingerprint density at radius 3 is 2.65 bits per heavy atom. The van der Waals surface area contributed by atoms with Gasteiger partial charge in [0.2, 0.25) is 0 Å². The van der Waals surface area contributed by atoms with E-state index in [1.807, 2.05) is 0 Å². The Labute approximate surface area is 120 Å². The van der Waals surface area contributed by atoms with Crippen LogP contribution < -0.4 is 4.74 Å². The first-order valence-corrected chi connectivity index (χ1v) is 6.16. The van der Waals surface area contributed by atoms with Crippen LogP contribution in [0, 0.1) is 0 Å². The van der Waals surface area contributed by atoms with Gasteiger partial charge < -0.3 is 9.84 Å². The first-order chi connectivity index (χ1) is 9.28. The van der Waals surface area contributed by atoms with Crippen molar-refractivity contribution in [2.75, 3.05) is 0 Å². The van der Waals surface area contributed by atoms with E-state index < -0.39 is 18.2 Å². The van der Waals surface area contributed by atoms with Gasteiger partial charge in [-0.15, -0.1) is 18.3 Å². The number of halogens is 4. The summed E-state index contributed by atoms with van der Waals surface area (Å²) in [6.07, 6.45) is -5.96. The van der Waals surface area contributed by atoms with E-state index in [-0.39, 0.29) is 5.56 Å². The zero-order valence-corrected chi connectivity index (χ0v) is 11.7. The predicted molar refractivity (Wildman–Crippen MR) is 65.9 cm³/mol. The maximum absolute atomic E-state index is 12.2. The lowest BCUT2D eigenvalue weighted by Gasteiger charge is -2.14. The molecule has 1 unspecified atom stereocenters. The molecule has 1 atom stereocenters. The highest BCUT2D eigenvalue weighted by molar-refractivity contribution is 9.10. The van der Waals surface area contributed by atoms with Crippen molar-refractivity contribution in [2.24, 2.45) is 7.05 Å². The number of benzene rings is 1. The summed E-state index contributed by atoms with van der Waals surface area (Å²) in [6.45, 7) is 0. The molecule has 0 amide bonds. The number of aliphatic hydroxyl groups excluding tert-OH is 1. The molecule has 1 heterocycles. The molecule has 20 heavy (non-hydrogen) atoms. The number of nitrogens with zero attached hydrogens (tertiary/aromatic N) is 3. The first kappa shape index (κ1) is 14.8. The van der Waals surface area contributed by atoms with Gasteiger partial charge in [0.15, 0.2) is 4.60 Å². The quantitative estimate of drug-likeness (QED) is 0.923. The van der Waals surface area contributed by atoms with Gasteiger partial charge in [-0.1, -0.05) is 17.3 Å². The third-order valence-corrected chi connectivity index (χ3v) is 3.06. The molecule has 0 saturated heterocycles. The number of alkyl halides is 3. The van der Waals surface area contributed by atoms with Crippen molar-refractivity contribution in [3.8, 4) is 5.75 Å². The van der Waals surface area contributed by atoms with Crippen LogP contribution >= 0.6 is 15.9 Å². The van der Waals surface area contributed by atoms with E-state index >= 15 is 0 Å². The Morgan fingerprint density at radius 2 is 2.10 bits per heavy atom. The minimum atomic E-state index is -4.78. The molecule has 2 rings (SSSR count). The Bertz CT molecular complexity index is 596. The number of aromatic nitrogens is 3. The minimum Gasteiger partial charge on any atom is -0.406 e. The number of aryl methyl sites for hydroxylation is 1. The molecule has 1 aromatic heterocycles. The molecule has 0 saturated carbocycles. The van der Waals surface area contributed by atoms with Gasteiger partial charge in [0.05, 0.1) is 0 Å². The first-order valence-electron chi connectivity index (χ1n) is 5.37. The second kappa shape index (κ2) is 5.41. The number of hydrogen-bond donors (Lipinski definition) is 1. The molecular formula is C11H9BrF3N3O2. The van der Waals surface area contributed by atoms with Crippen LogP contribution in [0.25, 0.3) is 0 Å². The molecule has 0 radical (unpaired) electrons. The van der Waals surface area contributed by atoms with Crippen LogP contribution in [0.1, 0.15) is 17.4 Å². The van der Waals surface area contributed by atoms with E-state index in [2.05, 4.69) is 31.0 Å². The van der Waals surface area contributed by atoms with Gasteiger partial charge in [0.1, 0.15) is 17.5 Å². The number of rotatable bonds is 3. The normalized spacial score (nSPS) is 13.3. The molecule has 0 fully saturated rings. The Kier molecular flexibility index (Phi) is 4.00. The Hall–Kier alpha value is -1.61. The molecule has 108 valence electrons. The van der Waals surface area contributed by atoms with E-state index in [0.717, 1.165) is 12.1 Å². The van der Waals surface area contributed by atoms with Crippen molar-refractivity contribution in [3.05, 3.63) is 40.1 Å². The molecule has 0 aliphatic carbocycles. The molecule has 0 spiro atoms. The fraction of sp³-hybridized carbons (Fsp3) is 0.273. The molecule has 1 N–H and O–H groups in total. The summed E-state index contributed by atoms with van der Waals surface area (Å²) < 4.78 is 41.9. The van der Waals surface area contributed by atoms with Gasteiger partial charge in [-0.2, -0.15) is 0 Å². The zero-order valence-electron chi connectivity index (χ0n) is 10.1. The fourth-order valence-electron chi connectivity index (χ4n) is 1.67. The second-order valence-electron chi connectivity index (χ2n) is 3.91. The summed E-state index contributed by atoms with van der Waals surface area (Å²) >= 11 is 3.12. The van der Waals surface area contributed by atoms with Crippen LogP contribution in [0.5, 0.6) is 5.75 Å². The highest BCUT2D eigenvalue weighted by Crippen LogP contribution is 2.30. The van der Waals surface area contributed by atoms with E-state index in [4.69, 9.17) is 0 Å². The van der Waals surface area contributed by atoms with E-state index in [1.165, 1.54) is 16.8 Å². The van der Waals surface area contributed by atoms with Crippen LogP contribution in [0.15, 0.2) is 28.9 Å². The van der Waals surface area contributed by atoms with E-state index in [9.17, 15) is 18.3 Å². The number of hydrogen-bond acceptors (Lipinski definition) is 4. The number of aliphatic hydroxyl groups is 1. The summed E-state index contributed by atoms with van der Waals surface area (Å²) in [7, 11) is 1.56. The molecule has 5 nitrogen and oxygen atoms in total. The summed E-state index contributed by atoms with van der Waals surface area (Å²) in [5.74, 6) is -0.402. The Morgan fingerprint density at radius 1 is 1.40 bits per heavy atom. The standard InChI is InChI=1S/C11H9BrF3N3O2/c1-18-8(10(12)16-17-18)9(19)6-3-2-4-7(5-6)20-11(13,14)15/h2-5,9,19H,1H3. The zero-order chi connectivity index (χ0) is 14.9. The lowest BCUT2D eigenvalue weighted by Crippen LogP contribution is -2.17. The second-order valence-corrected chi connectivity index (χ2v) is 4.66. The van der Waals surface area contributed by atoms with E-state index in [1.54, 1.807) is 7.05 Å². The molecule has 9 heteroatoms. The molecule has 0 bridgehead atoms. The molecular weight excluding hydrogens is 343 g/mol. The summed E-state index contributed by atoms with van der Waals surface area (Å²) in [6, 6.07) is 5.10. The van der Waals surface area contributed by atoms with Crippen LogP contribution in [-0.2, 0) is 7.05 Å². The largest absolute Gasteiger partial charge is 0.573 e. The monoisotopic (exact) mass is 351 g/mol. The van der Waals surface area contributed by atoms with E-state index in [0.29, 0.717) is 10.3 Å². The van der Waals surface area contributed by atoms with Crippen molar-refractivity contribution in [1.82, 2.24) is 15.0 Å². The maximum Gasteiger partial charge on any atom is 0.573 e. The summed E-state index contributed by atoms with van der Waals surface area (Å²) in [4.78, 5) is 0. The van der Waals surface area contributed by atoms with Crippen molar-refractivity contribution < 1.29 is 23.0 Å². The van der Waals surface area contributed by atoms with Gasteiger partial charge in [0, 0.05) is 7.05 Å². The van der Waals surface area contributed by atoms with Crippen molar-refractivity contribution in [1.29, 1.82) is 0 Å². The van der Waals surface area contributed by atoms with Gasteiger partial charge in [-0.25, -0.2) is 4.68 Å². The third-order valence-electron chi connectivity index (χ3n) is 2.49. The highest BCUT2D eigenvalue weighted by Gasteiger charge is 2.31. The van der Waals surface area contributed by atoms with Crippen LogP contribution in [0.4, 0.5) is 13.2 Å². The summed E-state index contributed by atoms with van der Waals surface area (Å²) in [5.41, 5.74) is 0.562. The van der Waals surface area contributed by atoms with Gasteiger partial charge >= 0.3 is 6.36 Å². The molecule has 0 aliphatic heterocycles. The summed E-state index contributed by atoms with van der Waals surface area (Å²) in [5, 5.41) is 17.6. The SMILES string of the molecule is Cn1nnc(Br)c1C(O)c1cccc(OC(F)(F)F)c1. The fourth-order valence-corrected chi connectivity index (χ4v) is 2.21. The van der Waals surface area contributed by atoms with Crippen molar-refractivity contribution >= 4 is 15.9 Å². The average Bonchev–Trinajstić information content (AvgIpc) is 2.66. The van der Waals surface area contributed by atoms with Crippen molar-refractivity contribution in [2.45, 2.75) is 12.5 Å². The van der Waals surface area contributed by atoms with Crippen molar-refractivity contribution in [3.63, 3.8) is 0 Å². The maximum atomic E-state index is 12.2. The Balaban J connectivity index is 2.32. The topological polar surface area (TPSA) is 60.2 Å². The van der Waals surface area contributed by atoms with Gasteiger partial charge in [-0.3, -0.25) is 0 Å². The van der Waals surface area contributed by atoms with Gasteiger partial charge in [0.25, 0.3) is 0 Å². The smallest absolute Gasteiger partial charge is 0.406 e. The van der Waals surface area contributed by atoms with Crippen LogP contribution in [-0.4, -0.2) is 26.5 Å². The molecule has 1 aromatic carbocycles. The lowest BCUT2D eigenvalue weighted by molar-refractivity contribution is -0.274. The third kappa shape index (κ3) is 3.28. The predicted octanol–water partition coefficient (Wildman–Crippen LogP) is 2.56. The average molecular weight is 352 g/mol. The van der Waals surface area contributed by atoms with Crippen LogP contribution in [0.2, 0.25) is 0 Å². The highest BCUT2D eigenvalue weighted by atomic mass is 79.9. The molecule has 2 aromatic rings. The minimum absolute atomic E-state index is 0.234. The van der Waals surface area contributed by atoms with Crippen LogP contribution in [0.3, 0.4) is 0 Å². The number of ether oxygens (including phenoxy) is 1. The van der Waals surface area contributed by atoms with Gasteiger partial charge in [-0.05, 0) is 33.6 Å².